The van der Waals surface area contributed by atoms with Crippen molar-refractivity contribution in [2.24, 2.45) is 5.92 Å². The number of imidazole rings is 1. The fourth-order valence-electron chi connectivity index (χ4n) is 5.26. The number of hydrogen-bond donors (Lipinski definition) is 3. The third kappa shape index (κ3) is 8.42. The van der Waals surface area contributed by atoms with Gasteiger partial charge in [0.15, 0.2) is 11.2 Å². The first-order valence-corrected chi connectivity index (χ1v) is 14.2. The largest absolute Gasteiger partial charge is 0.465 e. The normalized spacial score (nSPS) is 19.6. The molecule has 3 atom stereocenters. The lowest BCUT2D eigenvalue weighted by molar-refractivity contribution is -0.145. The van der Waals surface area contributed by atoms with Crippen molar-refractivity contribution in [1.29, 1.82) is 0 Å². The molecule has 0 bridgehead atoms. The maximum absolute atomic E-state index is 12.3. The molecule has 0 radical (unpaired) electrons. The van der Waals surface area contributed by atoms with Crippen LogP contribution in [0.2, 0.25) is 0 Å². The zero-order chi connectivity index (χ0) is 26.6. The van der Waals surface area contributed by atoms with E-state index in [1.807, 2.05) is 0 Å². The van der Waals surface area contributed by atoms with E-state index in [4.69, 9.17) is 10.5 Å². The first kappa shape index (κ1) is 28.9. The molecule has 37 heavy (non-hydrogen) atoms. The first-order chi connectivity index (χ1) is 17.9. The van der Waals surface area contributed by atoms with Crippen molar-refractivity contribution >= 4 is 23.1 Å². The fraction of sp³-hybridized carbons (Fsp3) is 0.714. The van der Waals surface area contributed by atoms with Crippen LogP contribution in [0.5, 0.6) is 0 Å². The van der Waals surface area contributed by atoms with E-state index in [-0.39, 0.29) is 36.0 Å². The minimum atomic E-state index is -0.710. The van der Waals surface area contributed by atoms with Gasteiger partial charge in [-0.25, -0.2) is 4.98 Å². The van der Waals surface area contributed by atoms with Crippen molar-refractivity contribution in [3.63, 3.8) is 0 Å². The zero-order valence-corrected chi connectivity index (χ0v) is 22.4. The van der Waals surface area contributed by atoms with Crippen LogP contribution in [0.15, 0.2) is 23.3 Å². The van der Waals surface area contributed by atoms with Crippen LogP contribution in [0, 0.1) is 5.92 Å². The standard InChI is InChI=1S/C28H45N5O4/c1-3-4-5-6-7-8-9-10-11-12-13-14-15-16-24(35)37-18-21-20(2)22(17-23(21)34)33-19-30-25-26(33)31-28(29)32-27(25)36/h19,21-23,34H,2-18H2,1H3,(H3,29,31,32,36)/t21-,22-,23-/m0/s1. The van der Waals surface area contributed by atoms with E-state index in [2.05, 4.69) is 28.5 Å². The number of nitrogens with one attached hydrogen (secondary N) is 1. The number of aromatic nitrogens is 4. The third-order valence-corrected chi connectivity index (χ3v) is 7.53. The number of nitrogens with zero attached hydrogens (tertiary/aromatic N) is 3. The lowest BCUT2D eigenvalue weighted by Gasteiger charge is -2.17. The van der Waals surface area contributed by atoms with E-state index in [0.717, 1.165) is 24.8 Å². The number of carbonyl (C=O) groups excluding carboxylic acids is 1. The highest BCUT2D eigenvalue weighted by Crippen LogP contribution is 2.40. The Bertz CT molecular complexity index is 1060. The van der Waals surface area contributed by atoms with Crippen molar-refractivity contribution in [3.05, 3.63) is 28.8 Å². The maximum atomic E-state index is 12.3. The van der Waals surface area contributed by atoms with E-state index >= 15 is 0 Å². The molecule has 0 spiro atoms. The van der Waals surface area contributed by atoms with Crippen LogP contribution in [0.1, 0.15) is 109 Å². The lowest BCUT2D eigenvalue weighted by atomic mass is 10.0. The molecule has 1 aliphatic rings. The second-order valence-electron chi connectivity index (χ2n) is 10.5. The highest BCUT2D eigenvalue weighted by atomic mass is 16.5. The summed E-state index contributed by atoms with van der Waals surface area (Å²) in [6.45, 7) is 6.49. The Kier molecular flexibility index (Phi) is 11.6. The lowest BCUT2D eigenvalue weighted by Crippen LogP contribution is -2.22. The molecule has 2 heterocycles. The van der Waals surface area contributed by atoms with Gasteiger partial charge in [-0.2, -0.15) is 4.98 Å². The molecule has 0 aromatic carbocycles. The smallest absolute Gasteiger partial charge is 0.305 e. The highest BCUT2D eigenvalue weighted by Gasteiger charge is 2.39. The molecule has 4 N–H and O–H groups in total. The summed E-state index contributed by atoms with van der Waals surface area (Å²) in [6.07, 6.45) is 18.0. The number of ether oxygens (including phenoxy) is 1. The number of aliphatic hydroxyl groups excluding tert-OH is 1. The molecule has 1 fully saturated rings. The molecule has 9 heteroatoms. The van der Waals surface area contributed by atoms with Gasteiger partial charge in [-0.3, -0.25) is 14.6 Å². The zero-order valence-electron chi connectivity index (χ0n) is 22.4. The fourth-order valence-corrected chi connectivity index (χ4v) is 5.26. The Morgan fingerprint density at radius 1 is 1.11 bits per heavy atom. The second-order valence-corrected chi connectivity index (χ2v) is 10.5. The molecular weight excluding hydrogens is 470 g/mol. The van der Waals surface area contributed by atoms with Crippen LogP contribution in [0.3, 0.4) is 0 Å². The van der Waals surface area contributed by atoms with E-state index in [1.54, 1.807) is 4.57 Å². The van der Waals surface area contributed by atoms with E-state index < -0.39 is 11.7 Å². The predicted molar refractivity (Wildman–Crippen MR) is 146 cm³/mol. The average Bonchev–Trinajstić information content (AvgIpc) is 3.40. The number of aliphatic hydroxyl groups is 1. The van der Waals surface area contributed by atoms with Crippen LogP contribution in [-0.2, 0) is 9.53 Å². The molecule has 1 aliphatic carbocycles. The van der Waals surface area contributed by atoms with Crippen molar-refractivity contribution in [2.75, 3.05) is 12.3 Å². The number of nitrogens with two attached hydrogens (primary N) is 1. The average molecular weight is 516 g/mol. The summed E-state index contributed by atoms with van der Waals surface area (Å²) in [4.78, 5) is 35.1. The SMILES string of the molecule is C=C1[C@H](COC(=O)CCCCCCCCCCCCCCC)[C@@H](O)C[C@@H]1n1cnc2c(=O)[nH]c(N)nc21. The monoisotopic (exact) mass is 515 g/mol. The number of anilines is 1. The molecule has 0 saturated heterocycles. The van der Waals surface area contributed by atoms with Gasteiger partial charge >= 0.3 is 5.97 Å². The topological polar surface area (TPSA) is 136 Å². The minimum Gasteiger partial charge on any atom is -0.465 e. The molecule has 2 aromatic heterocycles. The first-order valence-electron chi connectivity index (χ1n) is 14.2. The Hall–Kier alpha value is -2.68. The number of fused-ring (bicyclic) bond motifs is 1. The third-order valence-electron chi connectivity index (χ3n) is 7.53. The van der Waals surface area contributed by atoms with Crippen molar-refractivity contribution < 1.29 is 14.6 Å². The number of hydrogen-bond acceptors (Lipinski definition) is 7. The minimum absolute atomic E-state index is 0.00190. The van der Waals surface area contributed by atoms with Crippen LogP contribution in [0.25, 0.3) is 11.2 Å². The van der Waals surface area contributed by atoms with Gasteiger partial charge in [-0.1, -0.05) is 90.6 Å². The summed E-state index contributed by atoms with van der Waals surface area (Å²) in [5.41, 5.74) is 6.53. The maximum Gasteiger partial charge on any atom is 0.305 e. The van der Waals surface area contributed by atoms with Crippen molar-refractivity contribution in [3.8, 4) is 0 Å². The second kappa shape index (κ2) is 14.9. The van der Waals surface area contributed by atoms with Gasteiger partial charge in [0.1, 0.15) is 6.61 Å². The van der Waals surface area contributed by atoms with E-state index in [9.17, 15) is 14.7 Å². The number of esters is 1. The summed E-state index contributed by atoms with van der Waals surface area (Å²) >= 11 is 0. The Balaban J connectivity index is 1.30. The van der Waals surface area contributed by atoms with Gasteiger partial charge in [0, 0.05) is 12.3 Å². The summed E-state index contributed by atoms with van der Waals surface area (Å²) < 4.78 is 7.20. The van der Waals surface area contributed by atoms with E-state index in [0.29, 0.717) is 18.5 Å². The van der Waals surface area contributed by atoms with Gasteiger partial charge in [0.2, 0.25) is 5.95 Å². The predicted octanol–water partition coefficient (Wildman–Crippen LogP) is 5.20. The Labute approximate surface area is 219 Å². The van der Waals surface area contributed by atoms with Crippen LogP contribution < -0.4 is 11.3 Å². The quantitative estimate of drug-likeness (QED) is 0.149. The van der Waals surface area contributed by atoms with Crippen LogP contribution >= 0.6 is 0 Å². The number of H-pyrrole nitrogens is 1. The summed E-state index contributed by atoms with van der Waals surface area (Å²) in [5.74, 6) is -0.611. The summed E-state index contributed by atoms with van der Waals surface area (Å²) in [7, 11) is 0. The molecule has 1 saturated carbocycles. The Morgan fingerprint density at radius 3 is 2.32 bits per heavy atom. The Morgan fingerprint density at radius 2 is 1.70 bits per heavy atom. The number of carbonyl (C=O) groups is 1. The highest BCUT2D eigenvalue weighted by molar-refractivity contribution is 5.71. The molecule has 0 unspecified atom stereocenters. The van der Waals surface area contributed by atoms with Crippen LogP contribution in [-0.4, -0.2) is 43.3 Å². The molecule has 2 aromatic rings. The van der Waals surface area contributed by atoms with Gasteiger partial charge < -0.3 is 20.1 Å². The summed E-state index contributed by atoms with van der Waals surface area (Å²) in [5, 5.41) is 10.6. The number of rotatable bonds is 17. The molecular formula is C28H45N5O4. The van der Waals surface area contributed by atoms with Gasteiger partial charge in [0.25, 0.3) is 5.56 Å². The number of unbranched alkanes of at least 4 members (excludes halogenated alkanes) is 12. The number of nitrogen functional groups attached to an aromatic ring is 1. The molecule has 0 amide bonds. The van der Waals surface area contributed by atoms with Gasteiger partial charge in [-0.15, -0.1) is 0 Å². The molecule has 9 nitrogen and oxygen atoms in total. The van der Waals surface area contributed by atoms with Gasteiger partial charge in [0.05, 0.1) is 18.5 Å². The number of aromatic amines is 1. The summed E-state index contributed by atoms with van der Waals surface area (Å²) in [6, 6.07) is -0.307. The van der Waals surface area contributed by atoms with Crippen molar-refractivity contribution in [2.45, 2.75) is 115 Å². The van der Waals surface area contributed by atoms with Gasteiger partial charge in [-0.05, 0) is 18.4 Å². The molecule has 3 rings (SSSR count). The van der Waals surface area contributed by atoms with Crippen molar-refractivity contribution in [1.82, 2.24) is 19.5 Å². The molecule has 0 aliphatic heterocycles. The molecule has 206 valence electrons. The van der Waals surface area contributed by atoms with E-state index in [1.165, 1.54) is 70.5 Å². The van der Waals surface area contributed by atoms with Crippen LogP contribution in [0.4, 0.5) is 5.95 Å².